The van der Waals surface area contributed by atoms with Crippen molar-refractivity contribution in [1.82, 2.24) is 0 Å². The summed E-state index contributed by atoms with van der Waals surface area (Å²) in [6.07, 6.45) is 2.84. The Hall–Kier alpha value is -0.860. The molecule has 0 aromatic rings. The third-order valence-corrected chi connectivity index (χ3v) is 3.41. The molecule has 0 aromatic carbocycles. The molecule has 0 heterocycles. The van der Waals surface area contributed by atoms with Crippen LogP contribution < -0.4 is 0 Å². The summed E-state index contributed by atoms with van der Waals surface area (Å²) in [6, 6.07) is 0. The molecule has 0 aliphatic heterocycles. The van der Waals surface area contributed by atoms with Crippen molar-refractivity contribution < 1.29 is 14.3 Å². The summed E-state index contributed by atoms with van der Waals surface area (Å²) in [6.45, 7) is 5.60. The Kier molecular flexibility index (Phi) is 2.18. The van der Waals surface area contributed by atoms with E-state index in [1.165, 1.54) is 0 Å². The van der Waals surface area contributed by atoms with Gasteiger partial charge in [-0.25, -0.2) is 0 Å². The summed E-state index contributed by atoms with van der Waals surface area (Å²) in [7, 11) is 0. The average molecular weight is 210 g/mol. The van der Waals surface area contributed by atoms with E-state index in [0.29, 0.717) is 6.42 Å². The lowest BCUT2D eigenvalue weighted by Gasteiger charge is -2.28. The second-order valence-electron chi connectivity index (χ2n) is 5.87. The Morgan fingerprint density at radius 3 is 2.53 bits per heavy atom. The number of hydrogen-bond donors (Lipinski definition) is 0. The van der Waals surface area contributed by atoms with E-state index in [9.17, 15) is 9.59 Å². The second kappa shape index (κ2) is 3.06. The van der Waals surface area contributed by atoms with E-state index < -0.39 is 11.0 Å². The first-order valence-corrected chi connectivity index (χ1v) is 5.59. The molecule has 2 atom stereocenters. The van der Waals surface area contributed by atoms with E-state index in [1.54, 1.807) is 0 Å². The molecule has 2 fully saturated rings. The summed E-state index contributed by atoms with van der Waals surface area (Å²) < 4.78 is 5.40. The van der Waals surface area contributed by atoms with Crippen LogP contribution in [0.25, 0.3) is 0 Å². The molecule has 2 rings (SSSR count). The molecule has 3 nitrogen and oxygen atoms in total. The molecule has 2 unspecified atom stereocenters. The summed E-state index contributed by atoms with van der Waals surface area (Å²) >= 11 is 0. The molecule has 0 spiro atoms. The van der Waals surface area contributed by atoms with Crippen molar-refractivity contribution in [3.63, 3.8) is 0 Å². The normalized spacial score (nSPS) is 34.6. The van der Waals surface area contributed by atoms with Gasteiger partial charge in [0.1, 0.15) is 11.4 Å². The lowest BCUT2D eigenvalue weighted by atomic mass is 9.84. The van der Waals surface area contributed by atoms with E-state index in [0.717, 1.165) is 19.3 Å². The lowest BCUT2D eigenvalue weighted by molar-refractivity contribution is -0.167. The topological polar surface area (TPSA) is 43.4 Å². The first-order valence-electron chi connectivity index (χ1n) is 5.59. The molecule has 2 bridgehead atoms. The van der Waals surface area contributed by atoms with Crippen molar-refractivity contribution in [2.45, 2.75) is 52.1 Å². The van der Waals surface area contributed by atoms with Gasteiger partial charge in [-0.1, -0.05) is 0 Å². The van der Waals surface area contributed by atoms with Crippen molar-refractivity contribution in [2.24, 2.45) is 11.3 Å². The quantitative estimate of drug-likeness (QED) is 0.622. The fourth-order valence-electron chi connectivity index (χ4n) is 2.68. The van der Waals surface area contributed by atoms with E-state index in [4.69, 9.17) is 4.74 Å². The maximum Gasteiger partial charge on any atom is 0.313 e. The predicted molar refractivity (Wildman–Crippen MR) is 55.2 cm³/mol. The van der Waals surface area contributed by atoms with E-state index in [2.05, 4.69) is 0 Å². The van der Waals surface area contributed by atoms with Crippen LogP contribution in [0.3, 0.4) is 0 Å². The summed E-state index contributed by atoms with van der Waals surface area (Å²) in [5.74, 6) is 0.230. The van der Waals surface area contributed by atoms with Crippen LogP contribution in [-0.2, 0) is 14.3 Å². The number of ether oxygens (including phenoxy) is 1. The Balaban J connectivity index is 2.11. The highest BCUT2D eigenvalue weighted by atomic mass is 16.6. The first-order chi connectivity index (χ1) is 6.82. The van der Waals surface area contributed by atoms with Crippen LogP contribution in [0.15, 0.2) is 0 Å². The minimum absolute atomic E-state index is 0.137. The van der Waals surface area contributed by atoms with Crippen LogP contribution in [0.4, 0.5) is 0 Å². The fourth-order valence-corrected chi connectivity index (χ4v) is 2.68. The molecular weight excluding hydrogens is 192 g/mol. The molecule has 2 aliphatic rings. The molecule has 2 saturated carbocycles. The molecule has 0 radical (unpaired) electrons. The zero-order chi connectivity index (χ0) is 11.3. The van der Waals surface area contributed by atoms with Crippen LogP contribution in [0.1, 0.15) is 46.5 Å². The standard InChI is InChI=1S/C12H18O3/c1-11(2,3)15-10(14)12-5-4-8(6-12)9(13)7-12/h8H,4-7H2,1-3H3. The number of carbonyl (C=O) groups excluding carboxylic acids is 2. The Morgan fingerprint density at radius 2 is 2.13 bits per heavy atom. The van der Waals surface area contributed by atoms with Crippen molar-refractivity contribution in [3.05, 3.63) is 0 Å². The number of esters is 1. The molecule has 84 valence electrons. The van der Waals surface area contributed by atoms with Gasteiger partial charge in [0, 0.05) is 12.3 Å². The van der Waals surface area contributed by atoms with Gasteiger partial charge in [-0.15, -0.1) is 0 Å². The molecule has 15 heavy (non-hydrogen) atoms. The Labute approximate surface area is 90.2 Å². The molecule has 0 N–H and O–H groups in total. The molecule has 2 aliphatic carbocycles. The van der Waals surface area contributed by atoms with Crippen LogP contribution in [0.5, 0.6) is 0 Å². The highest BCUT2D eigenvalue weighted by Gasteiger charge is 2.56. The molecule has 0 amide bonds. The van der Waals surface area contributed by atoms with Crippen LogP contribution >= 0.6 is 0 Å². The second-order valence-corrected chi connectivity index (χ2v) is 5.87. The minimum atomic E-state index is -0.463. The van der Waals surface area contributed by atoms with Gasteiger partial charge in [-0.05, 0) is 40.0 Å². The largest absolute Gasteiger partial charge is 0.460 e. The van der Waals surface area contributed by atoms with Crippen molar-refractivity contribution in [3.8, 4) is 0 Å². The molecule has 0 saturated heterocycles. The summed E-state index contributed by atoms with van der Waals surface area (Å²) in [5.41, 5.74) is -0.912. The number of hydrogen-bond acceptors (Lipinski definition) is 3. The maximum atomic E-state index is 12.0. The van der Waals surface area contributed by atoms with Gasteiger partial charge in [0.2, 0.25) is 0 Å². The predicted octanol–water partition coefficient (Wildman–Crippen LogP) is 2.09. The summed E-state index contributed by atoms with van der Waals surface area (Å²) in [5, 5.41) is 0. The smallest absolute Gasteiger partial charge is 0.313 e. The molecule has 3 heteroatoms. The Morgan fingerprint density at radius 1 is 1.47 bits per heavy atom. The third-order valence-electron chi connectivity index (χ3n) is 3.41. The van der Waals surface area contributed by atoms with E-state index >= 15 is 0 Å². The minimum Gasteiger partial charge on any atom is -0.460 e. The zero-order valence-electron chi connectivity index (χ0n) is 9.63. The average Bonchev–Trinajstić information content (AvgIpc) is 2.58. The third kappa shape index (κ3) is 1.80. The van der Waals surface area contributed by atoms with Gasteiger partial charge in [0.05, 0.1) is 5.41 Å². The number of Topliss-reactive ketones (excluding diaryl/α,β-unsaturated/α-hetero) is 1. The van der Waals surface area contributed by atoms with Gasteiger partial charge < -0.3 is 4.74 Å². The highest BCUT2D eigenvalue weighted by Crippen LogP contribution is 2.53. The van der Waals surface area contributed by atoms with Crippen LogP contribution in [0, 0.1) is 11.3 Å². The van der Waals surface area contributed by atoms with Crippen LogP contribution in [-0.4, -0.2) is 17.4 Å². The number of fused-ring (bicyclic) bond motifs is 2. The van der Waals surface area contributed by atoms with Crippen LogP contribution in [0.2, 0.25) is 0 Å². The van der Waals surface area contributed by atoms with Gasteiger partial charge in [-0.2, -0.15) is 0 Å². The number of rotatable bonds is 1. The molecule has 0 aromatic heterocycles. The number of ketones is 1. The zero-order valence-corrected chi connectivity index (χ0v) is 9.63. The first kappa shape index (κ1) is 10.7. The van der Waals surface area contributed by atoms with Crippen molar-refractivity contribution >= 4 is 11.8 Å². The van der Waals surface area contributed by atoms with E-state index in [1.807, 2.05) is 20.8 Å². The van der Waals surface area contributed by atoms with Crippen molar-refractivity contribution in [2.75, 3.05) is 0 Å². The maximum absolute atomic E-state index is 12.0. The monoisotopic (exact) mass is 210 g/mol. The van der Waals surface area contributed by atoms with Gasteiger partial charge in [-0.3, -0.25) is 9.59 Å². The van der Waals surface area contributed by atoms with Crippen molar-refractivity contribution in [1.29, 1.82) is 0 Å². The van der Waals surface area contributed by atoms with E-state index in [-0.39, 0.29) is 17.7 Å². The summed E-state index contributed by atoms with van der Waals surface area (Å²) in [4.78, 5) is 23.5. The van der Waals surface area contributed by atoms with Gasteiger partial charge in [0.15, 0.2) is 0 Å². The SMILES string of the molecule is CC(C)(C)OC(=O)C12CCC(C1)C(=O)C2. The van der Waals surface area contributed by atoms with Gasteiger partial charge in [0.25, 0.3) is 0 Å². The lowest BCUT2D eigenvalue weighted by Crippen LogP contribution is -2.35. The highest BCUT2D eigenvalue weighted by molar-refractivity contribution is 5.93. The molecular formula is C12H18O3. The van der Waals surface area contributed by atoms with Gasteiger partial charge >= 0.3 is 5.97 Å². The fraction of sp³-hybridized carbons (Fsp3) is 0.833. The number of carbonyl (C=O) groups is 2. The Bertz CT molecular complexity index is 313.